The van der Waals surface area contributed by atoms with Gasteiger partial charge in [-0.05, 0) is 24.8 Å². The monoisotopic (exact) mass is 212 g/mol. The van der Waals surface area contributed by atoms with E-state index in [0.29, 0.717) is 0 Å². The fraction of sp³-hybridized carbons (Fsp3) is 0.364. The summed E-state index contributed by atoms with van der Waals surface area (Å²) < 4.78 is 26.0. The molecular weight excluding hydrogens is 202 g/mol. The van der Waals surface area contributed by atoms with Crippen molar-refractivity contribution in [2.75, 3.05) is 0 Å². The average molecular weight is 212 g/mol. The summed E-state index contributed by atoms with van der Waals surface area (Å²) >= 11 is 0. The van der Waals surface area contributed by atoms with Crippen LogP contribution in [0.2, 0.25) is 0 Å². The molecule has 1 N–H and O–H groups in total. The van der Waals surface area contributed by atoms with Crippen LogP contribution in [0.25, 0.3) is 0 Å². The summed E-state index contributed by atoms with van der Waals surface area (Å²) in [6.07, 6.45) is 1.60. The maximum absolute atomic E-state index is 13.3. The molecule has 4 heteroatoms. The van der Waals surface area contributed by atoms with Gasteiger partial charge in [0.05, 0.1) is 5.92 Å². The van der Waals surface area contributed by atoms with Crippen molar-refractivity contribution < 1.29 is 18.7 Å². The van der Waals surface area contributed by atoms with Crippen molar-refractivity contribution in [2.24, 2.45) is 5.92 Å². The number of carboxylic acid groups (broad SMARTS) is 1. The minimum Gasteiger partial charge on any atom is -0.481 e. The van der Waals surface area contributed by atoms with Gasteiger partial charge in [-0.2, -0.15) is 0 Å². The lowest BCUT2D eigenvalue weighted by atomic mass is 9.94. The third kappa shape index (κ3) is 1.98. The van der Waals surface area contributed by atoms with Crippen molar-refractivity contribution in [1.29, 1.82) is 0 Å². The first kappa shape index (κ1) is 10.1. The van der Waals surface area contributed by atoms with Gasteiger partial charge in [-0.25, -0.2) is 8.78 Å². The van der Waals surface area contributed by atoms with Crippen LogP contribution in [0.4, 0.5) is 8.78 Å². The van der Waals surface area contributed by atoms with E-state index in [2.05, 4.69) is 0 Å². The van der Waals surface area contributed by atoms with Gasteiger partial charge in [-0.1, -0.05) is 6.07 Å². The van der Waals surface area contributed by atoms with E-state index in [1.807, 2.05) is 0 Å². The summed E-state index contributed by atoms with van der Waals surface area (Å²) in [6.45, 7) is 0. The number of halogens is 2. The number of hydrogen-bond donors (Lipinski definition) is 1. The highest BCUT2D eigenvalue weighted by atomic mass is 19.1. The Morgan fingerprint density at radius 2 is 2.07 bits per heavy atom. The zero-order valence-corrected chi connectivity index (χ0v) is 7.91. The molecule has 0 bridgehead atoms. The molecule has 0 amide bonds. The predicted octanol–water partition coefficient (Wildman–Crippen LogP) is 2.54. The number of benzene rings is 1. The molecule has 0 radical (unpaired) electrons. The molecule has 1 atom stereocenters. The molecule has 1 saturated carbocycles. The maximum Gasteiger partial charge on any atom is 0.311 e. The number of carbonyl (C=O) groups is 1. The van der Waals surface area contributed by atoms with Gasteiger partial charge in [0, 0.05) is 11.6 Å². The van der Waals surface area contributed by atoms with Crippen LogP contribution in [0.1, 0.15) is 24.3 Å². The van der Waals surface area contributed by atoms with E-state index < -0.39 is 23.5 Å². The van der Waals surface area contributed by atoms with E-state index in [4.69, 9.17) is 5.11 Å². The Balaban J connectivity index is 2.37. The van der Waals surface area contributed by atoms with Crippen molar-refractivity contribution in [3.63, 3.8) is 0 Å². The van der Waals surface area contributed by atoms with Crippen molar-refractivity contribution in [1.82, 2.24) is 0 Å². The molecule has 80 valence electrons. The maximum atomic E-state index is 13.3. The summed E-state index contributed by atoms with van der Waals surface area (Å²) in [5.41, 5.74) is 0.0893. The van der Waals surface area contributed by atoms with E-state index in [-0.39, 0.29) is 11.5 Å². The van der Waals surface area contributed by atoms with Crippen LogP contribution < -0.4 is 0 Å². The smallest absolute Gasteiger partial charge is 0.311 e. The van der Waals surface area contributed by atoms with E-state index >= 15 is 0 Å². The first-order valence-corrected chi connectivity index (χ1v) is 4.77. The van der Waals surface area contributed by atoms with Crippen LogP contribution in [-0.4, -0.2) is 11.1 Å². The molecular formula is C11H10F2O2. The van der Waals surface area contributed by atoms with Crippen LogP contribution in [-0.2, 0) is 4.79 Å². The Bertz CT molecular complexity index is 400. The zero-order valence-electron chi connectivity index (χ0n) is 7.91. The fourth-order valence-corrected chi connectivity index (χ4v) is 1.77. The van der Waals surface area contributed by atoms with Crippen LogP contribution in [0, 0.1) is 17.6 Å². The molecule has 15 heavy (non-hydrogen) atoms. The minimum atomic E-state index is -1.04. The Hall–Kier alpha value is -1.45. The Morgan fingerprint density at radius 1 is 1.40 bits per heavy atom. The third-order valence-electron chi connectivity index (χ3n) is 2.66. The minimum absolute atomic E-state index is 0.00228. The molecule has 1 fully saturated rings. The van der Waals surface area contributed by atoms with Crippen molar-refractivity contribution in [3.05, 3.63) is 35.4 Å². The van der Waals surface area contributed by atoms with E-state index in [0.717, 1.165) is 25.0 Å². The highest BCUT2D eigenvalue weighted by Crippen LogP contribution is 2.43. The number of hydrogen-bond acceptors (Lipinski definition) is 1. The van der Waals surface area contributed by atoms with Gasteiger partial charge in [0.1, 0.15) is 11.6 Å². The van der Waals surface area contributed by atoms with Crippen LogP contribution in [0.15, 0.2) is 18.2 Å². The molecule has 0 aromatic heterocycles. The molecule has 0 saturated heterocycles. The van der Waals surface area contributed by atoms with Gasteiger partial charge in [0.25, 0.3) is 0 Å². The number of rotatable bonds is 3. The average Bonchev–Trinajstić information content (AvgIpc) is 2.92. The Kier molecular flexibility index (Phi) is 2.42. The van der Waals surface area contributed by atoms with Gasteiger partial charge in [0.2, 0.25) is 0 Å². The normalized spacial score (nSPS) is 17.5. The first-order chi connectivity index (χ1) is 7.09. The standard InChI is InChI=1S/C11H10F2O2/c12-7-3-4-8(9(13)5-7)10(11(14)15)6-1-2-6/h3-6,10H,1-2H2,(H,14,15). The summed E-state index contributed by atoms with van der Waals surface area (Å²) in [5.74, 6) is -3.32. The highest BCUT2D eigenvalue weighted by Gasteiger charge is 2.38. The second-order valence-electron chi connectivity index (χ2n) is 3.82. The van der Waals surface area contributed by atoms with Gasteiger partial charge in [0.15, 0.2) is 0 Å². The molecule has 2 rings (SSSR count). The fourth-order valence-electron chi connectivity index (χ4n) is 1.77. The zero-order chi connectivity index (χ0) is 11.0. The van der Waals surface area contributed by atoms with Crippen molar-refractivity contribution in [2.45, 2.75) is 18.8 Å². The molecule has 0 aliphatic heterocycles. The summed E-state index contributed by atoms with van der Waals surface area (Å²) in [6, 6.07) is 3.05. The van der Waals surface area contributed by atoms with Crippen LogP contribution >= 0.6 is 0 Å². The lowest BCUT2D eigenvalue weighted by Gasteiger charge is -2.12. The van der Waals surface area contributed by atoms with E-state index in [1.165, 1.54) is 6.07 Å². The molecule has 1 unspecified atom stereocenters. The molecule has 2 nitrogen and oxygen atoms in total. The molecule has 1 aliphatic carbocycles. The van der Waals surface area contributed by atoms with Crippen LogP contribution in [0.5, 0.6) is 0 Å². The molecule has 0 spiro atoms. The lowest BCUT2D eigenvalue weighted by molar-refractivity contribution is -0.139. The van der Waals surface area contributed by atoms with E-state index in [1.54, 1.807) is 0 Å². The third-order valence-corrected chi connectivity index (χ3v) is 2.66. The van der Waals surface area contributed by atoms with Crippen molar-refractivity contribution >= 4 is 5.97 Å². The number of aliphatic carboxylic acids is 1. The summed E-state index contributed by atoms with van der Waals surface area (Å²) in [7, 11) is 0. The van der Waals surface area contributed by atoms with Gasteiger partial charge < -0.3 is 5.11 Å². The SMILES string of the molecule is O=C(O)C(c1ccc(F)cc1F)C1CC1. The van der Waals surface area contributed by atoms with Gasteiger partial charge >= 0.3 is 5.97 Å². The quantitative estimate of drug-likeness (QED) is 0.835. The first-order valence-electron chi connectivity index (χ1n) is 4.77. The molecule has 0 heterocycles. The molecule has 1 aliphatic rings. The summed E-state index contributed by atoms with van der Waals surface area (Å²) in [5, 5.41) is 8.97. The highest BCUT2D eigenvalue weighted by molar-refractivity contribution is 5.77. The largest absolute Gasteiger partial charge is 0.481 e. The Labute approximate surface area is 85.5 Å². The van der Waals surface area contributed by atoms with Crippen LogP contribution in [0.3, 0.4) is 0 Å². The van der Waals surface area contributed by atoms with Crippen molar-refractivity contribution in [3.8, 4) is 0 Å². The lowest BCUT2D eigenvalue weighted by Crippen LogP contribution is -2.15. The summed E-state index contributed by atoms with van der Waals surface area (Å²) in [4.78, 5) is 11.0. The Morgan fingerprint density at radius 3 is 2.53 bits per heavy atom. The van der Waals surface area contributed by atoms with Gasteiger partial charge in [-0.15, -0.1) is 0 Å². The number of carboxylic acids is 1. The second kappa shape index (κ2) is 3.61. The van der Waals surface area contributed by atoms with E-state index in [9.17, 15) is 13.6 Å². The second-order valence-corrected chi connectivity index (χ2v) is 3.82. The molecule has 1 aromatic rings. The molecule has 1 aromatic carbocycles. The van der Waals surface area contributed by atoms with Gasteiger partial charge in [-0.3, -0.25) is 4.79 Å². The topological polar surface area (TPSA) is 37.3 Å². The predicted molar refractivity (Wildman–Crippen MR) is 49.5 cm³/mol.